The zero-order chi connectivity index (χ0) is 22.0. The monoisotopic (exact) mass is 423 g/mol. The van der Waals surface area contributed by atoms with Crippen molar-refractivity contribution in [1.29, 1.82) is 0 Å². The molecule has 1 aromatic heterocycles. The first kappa shape index (κ1) is 20.9. The summed E-state index contributed by atoms with van der Waals surface area (Å²) in [5, 5.41) is 13.4. The van der Waals surface area contributed by atoms with Crippen molar-refractivity contribution in [1.82, 2.24) is 9.88 Å². The Labute approximate surface area is 180 Å². The van der Waals surface area contributed by atoms with Crippen LogP contribution in [0.1, 0.15) is 23.6 Å². The fraction of sp³-hybridized carbons (Fsp3) is 0.348. The second kappa shape index (κ2) is 8.77. The lowest BCUT2D eigenvalue weighted by atomic mass is 9.96. The molecule has 0 aliphatic carbocycles. The number of likely N-dealkylation sites (tertiary alicyclic amines) is 1. The fourth-order valence-electron chi connectivity index (χ4n) is 3.93. The highest BCUT2D eigenvalue weighted by molar-refractivity contribution is 6.46. The van der Waals surface area contributed by atoms with E-state index in [-0.39, 0.29) is 11.1 Å². The zero-order valence-corrected chi connectivity index (χ0v) is 17.6. The van der Waals surface area contributed by atoms with Gasteiger partial charge < -0.3 is 24.4 Å². The number of nitrogens with one attached hydrogen (secondary N) is 1. The molecule has 31 heavy (non-hydrogen) atoms. The maximum absolute atomic E-state index is 13.4. The number of benzene rings is 1. The molecule has 4 rings (SSSR count). The van der Waals surface area contributed by atoms with Crippen LogP contribution in [-0.4, -0.2) is 62.0 Å². The largest absolute Gasteiger partial charge is 0.872 e. The Morgan fingerprint density at radius 2 is 1.97 bits per heavy atom. The predicted molar refractivity (Wildman–Crippen MR) is 110 cm³/mol. The summed E-state index contributed by atoms with van der Waals surface area (Å²) < 4.78 is 11.1. The number of hydrogen-bond acceptors (Lipinski definition) is 6. The van der Waals surface area contributed by atoms with Crippen LogP contribution in [0.5, 0.6) is 11.5 Å². The Hall–Kier alpha value is -3.39. The second-order valence-corrected chi connectivity index (χ2v) is 7.93. The highest BCUT2D eigenvalue weighted by Crippen LogP contribution is 2.40. The Balaban J connectivity index is 1.76. The normalized spacial score (nSPS) is 19.8. The Morgan fingerprint density at radius 3 is 2.68 bits per heavy atom. The van der Waals surface area contributed by atoms with Gasteiger partial charge >= 0.3 is 0 Å². The lowest BCUT2D eigenvalue weighted by molar-refractivity contribution is -0.858. The summed E-state index contributed by atoms with van der Waals surface area (Å²) in [6.45, 7) is 2.05. The molecular formula is C23H25N3O5. The minimum atomic E-state index is -0.758. The summed E-state index contributed by atoms with van der Waals surface area (Å²) in [6, 6.07) is 7.58. The van der Waals surface area contributed by atoms with Crippen molar-refractivity contribution in [3.05, 3.63) is 59.4 Å². The lowest BCUT2D eigenvalue weighted by Gasteiger charge is -2.28. The standard InChI is InChI=1S/C23H25N3O5/c1-25(2)9-4-10-26-20(16-5-3-8-24-14-16)19(22(28)23(26)29)21(27)15-6-7-17-18(13-15)31-12-11-30-17/h3,5-8,13-14,20,27H,4,9-12H2,1-2H3. The fourth-order valence-corrected chi connectivity index (χ4v) is 3.93. The van der Waals surface area contributed by atoms with Crippen LogP contribution in [-0.2, 0) is 9.59 Å². The van der Waals surface area contributed by atoms with Crippen LogP contribution in [0, 0.1) is 0 Å². The van der Waals surface area contributed by atoms with E-state index in [1.165, 1.54) is 9.80 Å². The molecule has 8 nitrogen and oxygen atoms in total. The van der Waals surface area contributed by atoms with Crippen molar-refractivity contribution >= 4 is 17.4 Å². The van der Waals surface area contributed by atoms with Crippen molar-refractivity contribution in [2.75, 3.05) is 40.4 Å². The quantitative estimate of drug-likeness (QED) is 0.386. The van der Waals surface area contributed by atoms with Crippen LogP contribution in [0.25, 0.3) is 5.76 Å². The molecule has 1 amide bonds. The van der Waals surface area contributed by atoms with Gasteiger partial charge in [0.25, 0.3) is 5.91 Å². The van der Waals surface area contributed by atoms with Crippen molar-refractivity contribution in [2.45, 2.75) is 12.5 Å². The van der Waals surface area contributed by atoms with Crippen LogP contribution in [0.15, 0.2) is 48.3 Å². The van der Waals surface area contributed by atoms with Gasteiger partial charge in [-0.2, -0.15) is 0 Å². The summed E-state index contributed by atoms with van der Waals surface area (Å²) in [7, 11) is 4.05. The molecule has 1 unspecified atom stereocenters. The number of nitrogens with zero attached hydrogens (tertiary/aromatic N) is 2. The molecule has 162 valence electrons. The molecule has 3 heterocycles. The highest BCUT2D eigenvalue weighted by Gasteiger charge is 2.44. The van der Waals surface area contributed by atoms with E-state index < -0.39 is 23.5 Å². The number of carbonyl (C=O) groups is 2. The van der Waals surface area contributed by atoms with Gasteiger partial charge in [0.15, 0.2) is 11.5 Å². The first-order valence-corrected chi connectivity index (χ1v) is 10.3. The SMILES string of the molecule is C[NH+](C)CCCN1C(=O)C(=O)C(=C([O-])c2ccc3c(c2)OCCO3)C1c1cccnc1. The molecule has 2 aliphatic heterocycles. The average Bonchev–Trinajstić information content (AvgIpc) is 3.03. The summed E-state index contributed by atoms with van der Waals surface area (Å²) in [5.74, 6) is -0.879. The minimum absolute atomic E-state index is 0.0492. The maximum atomic E-state index is 13.4. The van der Waals surface area contributed by atoms with Gasteiger partial charge in [0.1, 0.15) is 13.2 Å². The van der Waals surface area contributed by atoms with Gasteiger partial charge in [-0.1, -0.05) is 17.9 Å². The minimum Gasteiger partial charge on any atom is -0.872 e. The molecule has 1 atom stereocenters. The topological polar surface area (TPSA) is 96.2 Å². The van der Waals surface area contributed by atoms with Crippen molar-refractivity contribution < 1.29 is 29.1 Å². The summed E-state index contributed by atoms with van der Waals surface area (Å²) in [6.07, 6.45) is 3.92. The van der Waals surface area contributed by atoms with Gasteiger partial charge in [0, 0.05) is 30.9 Å². The Kier molecular flexibility index (Phi) is 5.90. The first-order chi connectivity index (χ1) is 15.0. The van der Waals surface area contributed by atoms with E-state index in [2.05, 4.69) is 4.98 Å². The number of aromatic nitrogens is 1. The molecule has 0 radical (unpaired) electrons. The molecule has 0 bridgehead atoms. The summed E-state index contributed by atoms with van der Waals surface area (Å²) in [4.78, 5) is 32.7. The number of hydrogen-bond donors (Lipinski definition) is 1. The van der Waals surface area contributed by atoms with Crippen LogP contribution in [0.2, 0.25) is 0 Å². The number of ketones is 1. The van der Waals surface area contributed by atoms with E-state index in [0.717, 1.165) is 6.54 Å². The smallest absolute Gasteiger partial charge is 0.295 e. The van der Waals surface area contributed by atoms with Gasteiger partial charge in [-0.15, -0.1) is 0 Å². The van der Waals surface area contributed by atoms with Crippen LogP contribution >= 0.6 is 0 Å². The van der Waals surface area contributed by atoms with Crippen LogP contribution < -0.4 is 19.5 Å². The Morgan fingerprint density at radius 1 is 1.19 bits per heavy atom. The molecule has 1 N–H and O–H groups in total. The number of ether oxygens (including phenoxy) is 2. The van der Waals surface area contributed by atoms with Crippen LogP contribution in [0.4, 0.5) is 0 Å². The molecular weight excluding hydrogens is 398 g/mol. The number of amides is 1. The molecule has 0 spiro atoms. The van der Waals surface area contributed by atoms with Crippen molar-refractivity contribution in [3.63, 3.8) is 0 Å². The van der Waals surface area contributed by atoms with Gasteiger partial charge in [-0.3, -0.25) is 14.6 Å². The van der Waals surface area contributed by atoms with E-state index >= 15 is 0 Å². The van der Waals surface area contributed by atoms with Gasteiger partial charge in [-0.05, 0) is 29.3 Å². The number of fused-ring (bicyclic) bond motifs is 1. The average molecular weight is 423 g/mol. The lowest BCUT2D eigenvalue weighted by Crippen LogP contribution is -3.05. The van der Waals surface area contributed by atoms with E-state index in [9.17, 15) is 14.7 Å². The number of pyridine rings is 1. The molecule has 1 aromatic carbocycles. The molecule has 2 aromatic rings. The third kappa shape index (κ3) is 4.11. The van der Waals surface area contributed by atoms with E-state index in [4.69, 9.17) is 9.47 Å². The molecule has 1 saturated heterocycles. The number of carbonyl (C=O) groups excluding carboxylic acids is 2. The van der Waals surface area contributed by atoms with E-state index in [1.807, 2.05) is 14.1 Å². The van der Waals surface area contributed by atoms with E-state index in [1.54, 1.807) is 42.7 Å². The zero-order valence-electron chi connectivity index (χ0n) is 17.6. The second-order valence-electron chi connectivity index (χ2n) is 7.93. The summed E-state index contributed by atoms with van der Waals surface area (Å²) >= 11 is 0. The van der Waals surface area contributed by atoms with E-state index in [0.29, 0.717) is 43.2 Å². The van der Waals surface area contributed by atoms with Gasteiger partial charge in [-0.25, -0.2) is 0 Å². The van der Waals surface area contributed by atoms with Crippen molar-refractivity contribution in [3.8, 4) is 11.5 Å². The predicted octanol–water partition coefficient (Wildman–Crippen LogP) is -0.389. The molecule has 0 saturated carbocycles. The van der Waals surface area contributed by atoms with Crippen LogP contribution in [0.3, 0.4) is 0 Å². The number of rotatable bonds is 6. The highest BCUT2D eigenvalue weighted by atomic mass is 16.6. The molecule has 2 aliphatic rings. The van der Waals surface area contributed by atoms with Gasteiger partial charge in [0.2, 0.25) is 5.78 Å². The number of Topliss-reactive ketones (excluding diaryl/α,β-unsaturated/α-hetero) is 1. The Bertz CT molecular complexity index is 1020. The summed E-state index contributed by atoms with van der Waals surface area (Å²) in [5.41, 5.74) is 0.876. The number of quaternary nitrogens is 1. The van der Waals surface area contributed by atoms with Gasteiger partial charge in [0.05, 0.1) is 26.7 Å². The maximum Gasteiger partial charge on any atom is 0.295 e. The van der Waals surface area contributed by atoms with Crippen molar-refractivity contribution in [2.24, 2.45) is 0 Å². The first-order valence-electron chi connectivity index (χ1n) is 10.3. The molecule has 1 fully saturated rings. The molecule has 8 heteroatoms. The third-order valence-electron chi connectivity index (χ3n) is 5.41. The third-order valence-corrected chi connectivity index (χ3v) is 5.41.